The van der Waals surface area contributed by atoms with Crippen molar-refractivity contribution in [2.45, 2.75) is 116 Å². The molecule has 0 spiro atoms. The van der Waals surface area contributed by atoms with Gasteiger partial charge in [0.1, 0.15) is 18.7 Å². The van der Waals surface area contributed by atoms with Gasteiger partial charge in [-0.05, 0) is 47.8 Å². The first-order valence-electron chi connectivity index (χ1n) is 16.2. The van der Waals surface area contributed by atoms with Crippen molar-refractivity contribution in [3.8, 4) is 0 Å². The number of nitrogens with zero attached hydrogens (tertiary/aromatic N) is 1. The molecular weight excluding hydrogens is 582 g/mol. The minimum absolute atomic E-state index is 0.0555. The van der Waals surface area contributed by atoms with Crippen LogP contribution in [-0.2, 0) is 28.7 Å². The molecule has 5 atom stereocenters. The number of urea groups is 1. The van der Waals surface area contributed by atoms with Gasteiger partial charge in [-0.2, -0.15) is 0 Å². The Morgan fingerprint density at radius 1 is 0.978 bits per heavy atom. The number of amides is 5. The molecule has 4 fully saturated rings. The summed E-state index contributed by atoms with van der Waals surface area (Å²) < 4.78 is 9.84. The molecule has 1 heterocycles. The number of rotatable bonds is 11. The van der Waals surface area contributed by atoms with Gasteiger partial charge >= 0.3 is 12.2 Å². The van der Waals surface area contributed by atoms with Gasteiger partial charge in [0.05, 0.1) is 18.7 Å². The zero-order valence-corrected chi connectivity index (χ0v) is 27.5. The van der Waals surface area contributed by atoms with Crippen molar-refractivity contribution >= 4 is 35.7 Å². The second kappa shape index (κ2) is 13.2. The number of carbonyl (C=O) groups excluding carboxylic acids is 6. The van der Waals surface area contributed by atoms with E-state index in [1.807, 2.05) is 20.8 Å². The van der Waals surface area contributed by atoms with Crippen molar-refractivity contribution in [3.05, 3.63) is 0 Å². The average molecular weight is 634 g/mol. The molecule has 0 aromatic rings. The van der Waals surface area contributed by atoms with Crippen LogP contribution in [0.25, 0.3) is 0 Å². The molecule has 0 aromatic heterocycles. The fourth-order valence-corrected chi connectivity index (χ4v) is 7.55. The smallest absolute Gasteiger partial charge is 0.438 e. The van der Waals surface area contributed by atoms with E-state index in [9.17, 15) is 28.8 Å². The van der Waals surface area contributed by atoms with E-state index in [2.05, 4.69) is 34.5 Å². The van der Waals surface area contributed by atoms with Crippen LogP contribution in [0.4, 0.5) is 9.59 Å². The number of ketones is 1. The Kier molecular flexibility index (Phi) is 10.1. The van der Waals surface area contributed by atoms with Crippen LogP contribution in [0.2, 0.25) is 0 Å². The monoisotopic (exact) mass is 633 g/mol. The van der Waals surface area contributed by atoms with E-state index in [-0.39, 0.29) is 29.8 Å². The molecular formula is C32H51N5O8. The number of likely N-dealkylation sites (tertiary alicyclic amines) is 1. The number of ether oxygens (including phenoxy) is 2. The van der Waals surface area contributed by atoms with E-state index in [1.54, 1.807) is 0 Å². The first-order chi connectivity index (χ1) is 21.0. The Labute approximate surface area is 265 Å². The molecule has 0 aromatic carbocycles. The maximum Gasteiger partial charge on any atom is 0.508 e. The van der Waals surface area contributed by atoms with E-state index in [1.165, 1.54) is 12.0 Å². The van der Waals surface area contributed by atoms with Crippen LogP contribution in [0.1, 0.15) is 92.4 Å². The van der Waals surface area contributed by atoms with Gasteiger partial charge in [0.15, 0.2) is 0 Å². The summed E-state index contributed by atoms with van der Waals surface area (Å²) in [6, 6.07) is -3.47. The molecule has 3 aliphatic carbocycles. The molecule has 3 unspecified atom stereocenters. The molecule has 1 saturated heterocycles. The second-order valence-corrected chi connectivity index (χ2v) is 15.2. The molecule has 5 N–H and O–H groups in total. The van der Waals surface area contributed by atoms with Crippen molar-refractivity contribution in [3.63, 3.8) is 0 Å². The van der Waals surface area contributed by atoms with Crippen LogP contribution >= 0.6 is 0 Å². The molecule has 0 bridgehead atoms. The van der Waals surface area contributed by atoms with Gasteiger partial charge in [-0.1, -0.05) is 73.1 Å². The lowest BCUT2D eigenvalue weighted by Gasteiger charge is -2.40. The first kappa shape index (κ1) is 34.5. The van der Waals surface area contributed by atoms with Crippen molar-refractivity contribution in [2.24, 2.45) is 34.3 Å². The summed E-state index contributed by atoms with van der Waals surface area (Å²) in [5, 5.41) is 8.65. The van der Waals surface area contributed by atoms with E-state index >= 15 is 0 Å². The molecule has 252 valence electrons. The van der Waals surface area contributed by atoms with Gasteiger partial charge in [-0.25, -0.2) is 9.59 Å². The van der Waals surface area contributed by atoms with Gasteiger partial charge in [0, 0.05) is 6.54 Å². The van der Waals surface area contributed by atoms with Crippen LogP contribution < -0.4 is 21.7 Å². The Bertz CT molecular complexity index is 1190. The molecule has 13 heteroatoms. The lowest BCUT2D eigenvalue weighted by molar-refractivity contribution is -0.145. The minimum atomic E-state index is -1.10. The Hall–Kier alpha value is -3.38. The van der Waals surface area contributed by atoms with Crippen molar-refractivity contribution in [1.82, 2.24) is 20.9 Å². The predicted molar refractivity (Wildman–Crippen MR) is 163 cm³/mol. The van der Waals surface area contributed by atoms with Gasteiger partial charge < -0.3 is 36.1 Å². The summed E-state index contributed by atoms with van der Waals surface area (Å²) in [5.41, 5.74) is 3.61. The molecule has 4 aliphatic rings. The Morgan fingerprint density at radius 2 is 1.62 bits per heavy atom. The maximum absolute atomic E-state index is 14.3. The molecule has 1 aliphatic heterocycles. The quantitative estimate of drug-likeness (QED) is 0.197. The van der Waals surface area contributed by atoms with Crippen LogP contribution in [-0.4, -0.2) is 84.5 Å². The summed E-state index contributed by atoms with van der Waals surface area (Å²) in [4.78, 5) is 79.4. The van der Waals surface area contributed by atoms with E-state index in [0.29, 0.717) is 25.8 Å². The number of hydrogen-bond acceptors (Lipinski definition) is 8. The van der Waals surface area contributed by atoms with Gasteiger partial charge in [-0.3, -0.25) is 19.2 Å². The second-order valence-electron chi connectivity index (χ2n) is 15.2. The highest BCUT2D eigenvalue weighted by Gasteiger charge is 2.70. The zero-order chi connectivity index (χ0) is 33.3. The fourth-order valence-electron chi connectivity index (χ4n) is 7.55. The largest absolute Gasteiger partial charge is 0.508 e. The third-order valence-corrected chi connectivity index (χ3v) is 10.6. The third kappa shape index (κ3) is 7.54. The van der Waals surface area contributed by atoms with Crippen LogP contribution in [0.15, 0.2) is 0 Å². The van der Waals surface area contributed by atoms with Gasteiger partial charge in [0.25, 0.3) is 5.91 Å². The van der Waals surface area contributed by atoms with E-state index in [4.69, 9.17) is 10.5 Å². The average Bonchev–Trinajstić information content (AvgIpc) is 3.27. The fraction of sp³-hybridized carbons (Fsp3) is 0.812. The van der Waals surface area contributed by atoms with Crippen molar-refractivity contribution in [1.29, 1.82) is 0 Å². The predicted octanol–water partition coefficient (Wildman–Crippen LogP) is 2.40. The molecule has 5 amide bonds. The van der Waals surface area contributed by atoms with Crippen molar-refractivity contribution in [2.75, 3.05) is 20.3 Å². The standard InChI is InChI=1S/C32H51N5O8/c1-30(2,3)24(35-28(42)36-32(13-8-7-9-14-32)17-45-29(43)44-6)27(41)37-16-19-21(31(19,4)5)22(37)26(40)34-20(23(38)25(33)39)15-18-11-10-12-18/h18-22,24H,7-17H2,1-6H3,(H2,33,39)(H,34,40)(H2,35,36,42)/t19?,20?,21?,22-,24+/m0/s1. The highest BCUT2D eigenvalue weighted by Crippen LogP contribution is 2.65. The SMILES string of the molecule is COC(=O)OCC1(NC(=O)N[C@H](C(=O)N2CC3C([C@H]2C(=O)NC(CC2CCC2)C(=O)C(N)=O)C3(C)C)C(C)(C)C)CCCCC1. The molecule has 4 rings (SSSR count). The highest BCUT2D eigenvalue weighted by molar-refractivity contribution is 6.37. The summed E-state index contributed by atoms with van der Waals surface area (Å²) in [7, 11) is 1.22. The van der Waals surface area contributed by atoms with E-state index < -0.39 is 64.8 Å². The summed E-state index contributed by atoms with van der Waals surface area (Å²) in [5.74, 6) is -2.66. The van der Waals surface area contributed by atoms with Gasteiger partial charge in [0.2, 0.25) is 17.6 Å². The van der Waals surface area contributed by atoms with Crippen LogP contribution in [0.3, 0.4) is 0 Å². The van der Waals surface area contributed by atoms with Crippen LogP contribution in [0, 0.1) is 28.6 Å². The summed E-state index contributed by atoms with van der Waals surface area (Å²) in [6.07, 6.45) is 6.25. The molecule has 13 nitrogen and oxygen atoms in total. The molecule has 3 saturated carbocycles. The number of piperidine rings is 1. The molecule has 45 heavy (non-hydrogen) atoms. The van der Waals surface area contributed by atoms with E-state index in [0.717, 1.165) is 38.5 Å². The number of fused-ring (bicyclic) bond motifs is 1. The Balaban J connectivity index is 1.52. The topological polar surface area (TPSA) is 186 Å². The number of carbonyl (C=O) groups is 6. The molecule has 0 radical (unpaired) electrons. The normalized spacial score (nSPS) is 26.3. The van der Waals surface area contributed by atoms with Gasteiger partial charge in [-0.15, -0.1) is 0 Å². The third-order valence-electron chi connectivity index (χ3n) is 10.6. The Morgan fingerprint density at radius 3 is 2.16 bits per heavy atom. The summed E-state index contributed by atoms with van der Waals surface area (Å²) in [6.45, 7) is 9.89. The number of nitrogens with one attached hydrogen (secondary N) is 3. The number of hydrogen-bond donors (Lipinski definition) is 4. The number of primary amides is 1. The van der Waals surface area contributed by atoms with Crippen molar-refractivity contribution < 1.29 is 38.2 Å². The summed E-state index contributed by atoms with van der Waals surface area (Å²) >= 11 is 0. The first-order valence-corrected chi connectivity index (χ1v) is 16.2. The highest BCUT2D eigenvalue weighted by atomic mass is 16.7. The minimum Gasteiger partial charge on any atom is -0.438 e. The number of Topliss-reactive ketones (excluding diaryl/α,β-unsaturated/α-hetero) is 1. The lowest BCUT2D eigenvalue weighted by Crippen LogP contribution is -2.63. The lowest BCUT2D eigenvalue weighted by atomic mass is 9.80. The zero-order valence-electron chi connectivity index (χ0n) is 27.5. The maximum atomic E-state index is 14.3. The van der Waals surface area contributed by atoms with Crippen LogP contribution in [0.5, 0.6) is 0 Å². The number of methoxy groups -OCH3 is 1. The number of nitrogens with two attached hydrogens (primary N) is 1.